The lowest BCUT2D eigenvalue weighted by Crippen LogP contribution is -2.46. The molecule has 3 aliphatic rings. The van der Waals surface area contributed by atoms with E-state index in [0.29, 0.717) is 29.7 Å². The molecule has 0 radical (unpaired) electrons. The van der Waals surface area contributed by atoms with Gasteiger partial charge in [0.15, 0.2) is 11.4 Å². The minimum atomic E-state index is -1.38. The molecule has 4 unspecified atom stereocenters. The molecule has 6 heteroatoms. The lowest BCUT2D eigenvalue weighted by atomic mass is 9.67. The molecular weight excluding hydrogens is 396 g/mol. The molecule has 1 aliphatic carbocycles. The van der Waals surface area contributed by atoms with Crippen LogP contribution in [0, 0.1) is 11.8 Å². The Morgan fingerprint density at radius 1 is 1.13 bits per heavy atom. The summed E-state index contributed by atoms with van der Waals surface area (Å²) in [6, 6.07) is 0. The number of hydrogen-bond acceptors (Lipinski definition) is 6. The van der Waals surface area contributed by atoms with Gasteiger partial charge in [0.25, 0.3) is 0 Å². The third-order valence-corrected chi connectivity index (χ3v) is 6.46. The maximum absolute atomic E-state index is 13.0. The average molecular weight is 431 g/mol. The Morgan fingerprint density at radius 2 is 1.81 bits per heavy atom. The normalized spacial score (nSPS) is 27.9. The summed E-state index contributed by atoms with van der Waals surface area (Å²) in [6.07, 6.45) is 12.3. The van der Waals surface area contributed by atoms with Gasteiger partial charge in [-0.1, -0.05) is 45.4 Å². The predicted molar refractivity (Wildman–Crippen MR) is 116 cm³/mol. The van der Waals surface area contributed by atoms with Gasteiger partial charge in [0, 0.05) is 18.4 Å². The summed E-state index contributed by atoms with van der Waals surface area (Å²) < 4.78 is 11.2. The highest BCUT2D eigenvalue weighted by Crippen LogP contribution is 2.50. The van der Waals surface area contributed by atoms with E-state index in [9.17, 15) is 19.5 Å². The molecule has 2 aliphatic heterocycles. The van der Waals surface area contributed by atoms with Crippen LogP contribution in [-0.2, 0) is 23.9 Å². The van der Waals surface area contributed by atoms with Gasteiger partial charge in [-0.15, -0.1) is 0 Å². The van der Waals surface area contributed by atoms with Crippen LogP contribution in [0.5, 0.6) is 0 Å². The van der Waals surface area contributed by atoms with E-state index in [2.05, 4.69) is 6.92 Å². The van der Waals surface area contributed by atoms with Crippen LogP contribution in [0.15, 0.2) is 35.3 Å². The molecule has 0 aromatic carbocycles. The van der Waals surface area contributed by atoms with Crippen LogP contribution in [0.1, 0.15) is 78.6 Å². The van der Waals surface area contributed by atoms with E-state index < -0.39 is 29.5 Å². The van der Waals surface area contributed by atoms with Gasteiger partial charge in [0.2, 0.25) is 0 Å². The number of rotatable bonds is 11. The Labute approximate surface area is 184 Å². The topological polar surface area (TPSA) is 89.9 Å². The number of fused-ring (bicyclic) bond motifs is 3. The average Bonchev–Trinajstić information content (AvgIpc) is 2.98. The summed E-state index contributed by atoms with van der Waals surface area (Å²) in [5.74, 6) is -2.24. The number of aliphatic hydroxyl groups is 1. The minimum Gasteiger partial charge on any atom is -0.469 e. The van der Waals surface area contributed by atoms with Crippen LogP contribution in [0.25, 0.3) is 0 Å². The molecule has 2 heterocycles. The van der Waals surface area contributed by atoms with Crippen molar-refractivity contribution in [3.8, 4) is 0 Å². The van der Waals surface area contributed by atoms with Crippen LogP contribution in [-0.4, -0.2) is 34.3 Å². The van der Waals surface area contributed by atoms with Crippen molar-refractivity contribution in [2.24, 2.45) is 11.8 Å². The van der Waals surface area contributed by atoms with Crippen molar-refractivity contribution in [2.75, 3.05) is 0 Å². The van der Waals surface area contributed by atoms with E-state index in [1.54, 1.807) is 19.9 Å². The molecule has 0 bridgehead atoms. The van der Waals surface area contributed by atoms with E-state index in [1.807, 2.05) is 0 Å². The molecule has 6 nitrogen and oxygen atoms in total. The molecule has 1 N–H and O–H groups in total. The number of aliphatic hydroxyl groups excluding tert-OH is 1. The Morgan fingerprint density at radius 3 is 2.48 bits per heavy atom. The molecule has 0 aromatic heterocycles. The van der Waals surface area contributed by atoms with Crippen molar-refractivity contribution >= 4 is 17.5 Å². The summed E-state index contributed by atoms with van der Waals surface area (Å²) in [5.41, 5.74) is -0.118. The SMILES string of the molecule is CCCCCCCCCC(=O)C1C(=O)OC2(C)C(=O)C=C3C=C(CC(C)O)OC=C3C12. The number of hydrogen-bond donors (Lipinski definition) is 1. The maximum atomic E-state index is 13.0. The standard InChI is InChI=1S/C25H34O6/c1-4-5-6-7-8-9-10-11-20(27)22-23-19-15-30-18(12-16(2)26)13-17(19)14-21(28)25(23,3)31-24(22)29/h13-16,22-23,26H,4-12H2,1-3H3. The fraction of sp³-hybridized carbons (Fsp3) is 0.640. The first-order valence-electron chi connectivity index (χ1n) is 11.5. The molecule has 1 fully saturated rings. The second kappa shape index (κ2) is 9.94. The van der Waals surface area contributed by atoms with Gasteiger partial charge in [-0.25, -0.2) is 0 Å². The summed E-state index contributed by atoms with van der Waals surface area (Å²) in [7, 11) is 0. The molecule has 170 valence electrons. The summed E-state index contributed by atoms with van der Waals surface area (Å²) in [5, 5.41) is 9.62. The van der Waals surface area contributed by atoms with Gasteiger partial charge in [0.05, 0.1) is 18.3 Å². The van der Waals surface area contributed by atoms with Crippen molar-refractivity contribution in [1.82, 2.24) is 0 Å². The predicted octanol–water partition coefficient (Wildman–Crippen LogP) is 4.32. The van der Waals surface area contributed by atoms with Gasteiger partial charge in [0.1, 0.15) is 17.5 Å². The zero-order valence-electron chi connectivity index (χ0n) is 18.8. The molecule has 1 saturated heterocycles. The molecule has 0 saturated carbocycles. The fourth-order valence-corrected chi connectivity index (χ4v) is 4.76. The molecular formula is C25H34O6. The van der Waals surface area contributed by atoms with Crippen LogP contribution in [0.4, 0.5) is 0 Å². The number of carbonyl (C=O) groups excluding carboxylic acids is 3. The van der Waals surface area contributed by atoms with Gasteiger partial charge < -0.3 is 14.6 Å². The first-order valence-corrected chi connectivity index (χ1v) is 11.5. The zero-order valence-corrected chi connectivity index (χ0v) is 18.8. The monoisotopic (exact) mass is 430 g/mol. The summed E-state index contributed by atoms with van der Waals surface area (Å²) in [4.78, 5) is 38.6. The van der Waals surface area contributed by atoms with Crippen molar-refractivity contribution < 1.29 is 29.0 Å². The third kappa shape index (κ3) is 5.00. The number of unbranched alkanes of at least 4 members (excludes halogenated alkanes) is 6. The van der Waals surface area contributed by atoms with E-state index in [0.717, 1.165) is 19.3 Å². The van der Waals surface area contributed by atoms with Crippen LogP contribution in [0.2, 0.25) is 0 Å². The van der Waals surface area contributed by atoms with E-state index in [-0.39, 0.29) is 11.6 Å². The molecule has 0 spiro atoms. The first kappa shape index (κ1) is 23.5. The number of ketones is 2. The van der Waals surface area contributed by atoms with Crippen LogP contribution < -0.4 is 0 Å². The lowest BCUT2D eigenvalue weighted by Gasteiger charge is -2.35. The lowest BCUT2D eigenvalue weighted by molar-refractivity contribution is -0.156. The quantitative estimate of drug-likeness (QED) is 0.298. The van der Waals surface area contributed by atoms with Crippen LogP contribution >= 0.6 is 0 Å². The van der Waals surface area contributed by atoms with E-state index in [1.165, 1.54) is 38.0 Å². The Bertz CT molecular complexity index is 818. The highest BCUT2D eigenvalue weighted by molar-refractivity contribution is 6.09. The smallest absolute Gasteiger partial charge is 0.318 e. The molecule has 0 amide bonds. The first-order chi connectivity index (χ1) is 14.8. The van der Waals surface area contributed by atoms with Crippen molar-refractivity contribution in [1.29, 1.82) is 0 Å². The maximum Gasteiger partial charge on any atom is 0.318 e. The molecule has 31 heavy (non-hydrogen) atoms. The summed E-state index contributed by atoms with van der Waals surface area (Å²) >= 11 is 0. The molecule has 0 aromatic rings. The number of carbonyl (C=O) groups is 3. The minimum absolute atomic E-state index is 0.166. The molecule has 3 rings (SSSR count). The number of ether oxygens (including phenoxy) is 2. The van der Waals surface area contributed by atoms with E-state index in [4.69, 9.17) is 9.47 Å². The number of allylic oxidation sites excluding steroid dienone is 2. The number of esters is 1. The van der Waals surface area contributed by atoms with Gasteiger partial charge in [-0.3, -0.25) is 14.4 Å². The van der Waals surface area contributed by atoms with Gasteiger partial charge in [-0.05, 0) is 38.0 Å². The highest BCUT2D eigenvalue weighted by atomic mass is 16.6. The van der Waals surface area contributed by atoms with Crippen LogP contribution in [0.3, 0.4) is 0 Å². The Kier molecular flexibility index (Phi) is 7.52. The highest BCUT2D eigenvalue weighted by Gasteiger charge is 2.62. The number of Topliss-reactive ketones (excluding diaryl/α,β-unsaturated/α-hetero) is 1. The Hall–Kier alpha value is -2.21. The summed E-state index contributed by atoms with van der Waals surface area (Å²) in [6.45, 7) is 5.42. The van der Waals surface area contributed by atoms with Gasteiger partial charge >= 0.3 is 5.97 Å². The van der Waals surface area contributed by atoms with Crippen molar-refractivity contribution in [2.45, 2.75) is 90.3 Å². The molecule has 4 atom stereocenters. The second-order valence-electron chi connectivity index (χ2n) is 9.14. The van der Waals surface area contributed by atoms with E-state index >= 15 is 0 Å². The van der Waals surface area contributed by atoms with Crippen molar-refractivity contribution in [3.63, 3.8) is 0 Å². The fourth-order valence-electron chi connectivity index (χ4n) is 4.76. The van der Waals surface area contributed by atoms with Gasteiger partial charge in [-0.2, -0.15) is 0 Å². The zero-order chi connectivity index (χ0) is 22.6. The largest absolute Gasteiger partial charge is 0.469 e. The van der Waals surface area contributed by atoms with Crippen molar-refractivity contribution in [3.05, 3.63) is 35.3 Å². The Balaban J connectivity index is 1.71. The second-order valence-corrected chi connectivity index (χ2v) is 9.14. The third-order valence-electron chi connectivity index (χ3n) is 6.46.